The third kappa shape index (κ3) is 6.42. The van der Waals surface area contributed by atoms with Gasteiger partial charge in [0, 0.05) is 63.8 Å². The highest BCUT2D eigenvalue weighted by atomic mass is 35.5. The molecule has 0 unspecified atom stereocenters. The lowest BCUT2D eigenvalue weighted by molar-refractivity contribution is 0.0778. The zero-order valence-electron chi connectivity index (χ0n) is 17.9. The SMILES string of the molecule is O=C(Nc1ccc(Cl)c(Cl)c1)N1CCN(C[C@@H]2CCCN(C3CC[S+]([O-])CC3)C2)CC1. The first kappa shape index (κ1) is 23.5. The van der Waals surface area contributed by atoms with Crippen molar-refractivity contribution in [2.24, 2.45) is 5.92 Å². The fourth-order valence-electron chi connectivity index (χ4n) is 5.00. The van der Waals surface area contributed by atoms with Crippen LogP contribution in [0.5, 0.6) is 0 Å². The van der Waals surface area contributed by atoms with Crippen molar-refractivity contribution in [3.8, 4) is 0 Å². The average Bonchev–Trinajstić information content (AvgIpc) is 2.77. The minimum absolute atomic E-state index is 0.0865. The number of hydrogen-bond acceptors (Lipinski definition) is 4. The van der Waals surface area contributed by atoms with Crippen LogP contribution < -0.4 is 5.32 Å². The topological polar surface area (TPSA) is 61.9 Å². The lowest BCUT2D eigenvalue weighted by atomic mass is 9.94. The van der Waals surface area contributed by atoms with Crippen molar-refractivity contribution >= 4 is 46.1 Å². The van der Waals surface area contributed by atoms with E-state index in [9.17, 15) is 9.35 Å². The van der Waals surface area contributed by atoms with E-state index in [1.807, 2.05) is 4.90 Å². The van der Waals surface area contributed by atoms with E-state index in [-0.39, 0.29) is 6.03 Å². The number of likely N-dealkylation sites (tertiary alicyclic amines) is 1. The minimum Gasteiger partial charge on any atom is -0.616 e. The van der Waals surface area contributed by atoms with Crippen LogP contribution in [0.15, 0.2) is 18.2 Å². The summed E-state index contributed by atoms with van der Waals surface area (Å²) >= 11 is 11.4. The van der Waals surface area contributed by atoms with Crippen LogP contribution in [-0.2, 0) is 11.2 Å². The van der Waals surface area contributed by atoms with Gasteiger partial charge in [0.1, 0.15) is 11.5 Å². The van der Waals surface area contributed by atoms with Gasteiger partial charge in [-0.1, -0.05) is 34.4 Å². The van der Waals surface area contributed by atoms with Crippen LogP contribution in [-0.4, -0.2) is 88.6 Å². The number of piperazine rings is 1. The highest BCUT2D eigenvalue weighted by Gasteiger charge is 2.31. The van der Waals surface area contributed by atoms with Gasteiger partial charge in [-0.2, -0.15) is 0 Å². The van der Waals surface area contributed by atoms with Crippen LogP contribution in [0.25, 0.3) is 0 Å². The number of halogens is 2. The molecule has 0 bridgehead atoms. The Kier molecular flexibility index (Phi) is 8.28. The standard InChI is InChI=1S/C22H32Cl2N4O2S/c23-20-4-3-18(14-21(20)24)25-22(29)27-10-8-26(9-11-27)15-17-2-1-7-28(16-17)19-5-12-31(30)13-6-19/h3-4,14,17,19H,1-2,5-13,15-16H2,(H,25,29)/t17-,19?,31?/m0/s1. The van der Waals surface area contributed by atoms with Gasteiger partial charge in [0.15, 0.2) is 0 Å². The number of benzene rings is 1. The molecule has 0 saturated carbocycles. The largest absolute Gasteiger partial charge is 0.616 e. The third-order valence-corrected chi connectivity index (χ3v) is 8.89. The van der Waals surface area contributed by atoms with E-state index in [1.165, 1.54) is 19.4 Å². The molecule has 4 rings (SSSR count). The second-order valence-corrected chi connectivity index (χ2v) is 11.4. The molecule has 6 nitrogen and oxygen atoms in total. The Morgan fingerprint density at radius 2 is 1.81 bits per heavy atom. The van der Waals surface area contributed by atoms with Crippen LogP contribution in [0.4, 0.5) is 10.5 Å². The molecule has 0 spiro atoms. The van der Waals surface area contributed by atoms with E-state index in [0.717, 1.165) is 63.6 Å². The van der Waals surface area contributed by atoms with Gasteiger partial charge < -0.3 is 14.8 Å². The molecule has 3 heterocycles. The Morgan fingerprint density at radius 1 is 1.06 bits per heavy atom. The molecular formula is C22H32Cl2N4O2S. The van der Waals surface area contributed by atoms with E-state index in [1.54, 1.807) is 18.2 Å². The lowest BCUT2D eigenvalue weighted by Crippen LogP contribution is -2.53. The maximum atomic E-state index is 12.6. The second kappa shape index (κ2) is 10.9. The van der Waals surface area contributed by atoms with Crippen molar-refractivity contribution in [1.82, 2.24) is 14.7 Å². The summed E-state index contributed by atoms with van der Waals surface area (Å²) in [6.45, 7) is 6.75. The number of anilines is 1. The highest BCUT2D eigenvalue weighted by molar-refractivity contribution is 7.91. The summed E-state index contributed by atoms with van der Waals surface area (Å²) in [6.07, 6.45) is 4.72. The molecule has 9 heteroatoms. The molecule has 1 atom stereocenters. The Labute approximate surface area is 198 Å². The fraction of sp³-hybridized carbons (Fsp3) is 0.682. The van der Waals surface area contributed by atoms with Gasteiger partial charge >= 0.3 is 6.03 Å². The molecule has 31 heavy (non-hydrogen) atoms. The van der Waals surface area contributed by atoms with Crippen LogP contribution >= 0.6 is 23.2 Å². The van der Waals surface area contributed by atoms with Crippen molar-refractivity contribution in [3.05, 3.63) is 28.2 Å². The Bertz CT molecular complexity index is 755. The number of rotatable bonds is 4. The Morgan fingerprint density at radius 3 is 2.52 bits per heavy atom. The molecule has 1 aromatic rings. The van der Waals surface area contributed by atoms with Gasteiger partial charge in [0.2, 0.25) is 0 Å². The van der Waals surface area contributed by atoms with E-state index < -0.39 is 11.2 Å². The Hall–Kier alpha value is -0.700. The summed E-state index contributed by atoms with van der Waals surface area (Å²) in [4.78, 5) is 19.6. The van der Waals surface area contributed by atoms with Crippen molar-refractivity contribution < 1.29 is 9.35 Å². The minimum atomic E-state index is -0.587. The summed E-state index contributed by atoms with van der Waals surface area (Å²) in [5.74, 6) is 2.44. The second-order valence-electron chi connectivity index (χ2n) is 8.93. The number of urea groups is 1. The number of amides is 2. The smallest absolute Gasteiger partial charge is 0.321 e. The number of carbonyl (C=O) groups is 1. The van der Waals surface area contributed by atoms with E-state index in [2.05, 4.69) is 15.1 Å². The fourth-order valence-corrected chi connectivity index (χ4v) is 6.57. The maximum absolute atomic E-state index is 12.6. The van der Waals surface area contributed by atoms with Crippen LogP contribution in [0, 0.1) is 5.92 Å². The first-order chi connectivity index (χ1) is 15.0. The van der Waals surface area contributed by atoms with Gasteiger partial charge in [-0.3, -0.25) is 9.80 Å². The Balaban J connectivity index is 1.20. The van der Waals surface area contributed by atoms with Gasteiger partial charge in [0.25, 0.3) is 0 Å². The number of hydrogen-bond donors (Lipinski definition) is 1. The van der Waals surface area contributed by atoms with Crippen molar-refractivity contribution in [2.75, 3.05) is 62.6 Å². The molecule has 3 saturated heterocycles. The molecule has 3 fully saturated rings. The molecule has 3 aliphatic heterocycles. The molecule has 172 valence electrons. The third-order valence-electron chi connectivity index (χ3n) is 6.77. The summed E-state index contributed by atoms with van der Waals surface area (Å²) in [5, 5.41) is 3.84. The lowest BCUT2D eigenvalue weighted by Gasteiger charge is -2.42. The van der Waals surface area contributed by atoms with Gasteiger partial charge in [-0.05, 0) is 43.5 Å². The van der Waals surface area contributed by atoms with Crippen molar-refractivity contribution in [3.63, 3.8) is 0 Å². The quantitative estimate of drug-likeness (QED) is 0.657. The van der Waals surface area contributed by atoms with Gasteiger partial charge in [-0.25, -0.2) is 4.79 Å². The number of carbonyl (C=O) groups excluding carboxylic acids is 1. The molecule has 1 aromatic carbocycles. The zero-order chi connectivity index (χ0) is 21.8. The van der Waals surface area contributed by atoms with E-state index in [4.69, 9.17) is 23.2 Å². The first-order valence-corrected chi connectivity index (χ1v) is 13.5. The van der Waals surface area contributed by atoms with Crippen LogP contribution in [0.1, 0.15) is 25.7 Å². The van der Waals surface area contributed by atoms with Crippen molar-refractivity contribution in [1.29, 1.82) is 0 Å². The molecule has 3 aliphatic rings. The molecule has 0 radical (unpaired) electrons. The summed E-state index contributed by atoms with van der Waals surface area (Å²) in [5.41, 5.74) is 0.663. The summed E-state index contributed by atoms with van der Waals surface area (Å²) in [6, 6.07) is 5.68. The summed E-state index contributed by atoms with van der Waals surface area (Å²) < 4.78 is 11.7. The van der Waals surface area contributed by atoms with Crippen LogP contribution in [0.3, 0.4) is 0 Å². The highest BCUT2D eigenvalue weighted by Crippen LogP contribution is 2.26. The first-order valence-electron chi connectivity index (χ1n) is 11.3. The number of nitrogens with zero attached hydrogens (tertiary/aromatic N) is 3. The molecule has 0 aliphatic carbocycles. The molecular weight excluding hydrogens is 455 g/mol. The maximum Gasteiger partial charge on any atom is 0.321 e. The predicted octanol–water partition coefficient (Wildman–Crippen LogP) is 3.77. The van der Waals surface area contributed by atoms with Crippen molar-refractivity contribution in [2.45, 2.75) is 31.7 Å². The van der Waals surface area contributed by atoms with Crippen LogP contribution in [0.2, 0.25) is 10.0 Å². The monoisotopic (exact) mass is 486 g/mol. The van der Waals surface area contributed by atoms with E-state index >= 15 is 0 Å². The number of piperidine rings is 1. The molecule has 0 aromatic heterocycles. The average molecular weight is 487 g/mol. The van der Waals surface area contributed by atoms with Gasteiger partial charge in [0.05, 0.1) is 10.0 Å². The number of nitrogens with one attached hydrogen (secondary N) is 1. The van der Waals surface area contributed by atoms with E-state index in [0.29, 0.717) is 27.7 Å². The predicted molar refractivity (Wildman–Crippen MR) is 129 cm³/mol. The normalized spacial score (nSPS) is 28.5. The zero-order valence-corrected chi connectivity index (χ0v) is 20.2. The summed E-state index contributed by atoms with van der Waals surface area (Å²) in [7, 11) is 0. The van der Waals surface area contributed by atoms with Gasteiger partial charge in [-0.15, -0.1) is 0 Å². The molecule has 2 amide bonds. The molecule has 1 N–H and O–H groups in total.